The number of rotatable bonds is 7. The molecule has 0 aliphatic rings. The van der Waals surface area contributed by atoms with E-state index in [0.29, 0.717) is 16.7 Å². The number of thioether (sulfide) groups is 1. The first-order valence-corrected chi connectivity index (χ1v) is 10.2. The predicted octanol–water partition coefficient (Wildman–Crippen LogP) is 4.61. The molecule has 3 heterocycles. The maximum atomic E-state index is 6.06. The smallest absolute Gasteiger partial charge is 0.237 e. The van der Waals surface area contributed by atoms with Gasteiger partial charge in [-0.15, -0.1) is 10.2 Å². The summed E-state index contributed by atoms with van der Waals surface area (Å²) in [5.74, 6) is 2.54. The van der Waals surface area contributed by atoms with Crippen LogP contribution in [0.3, 0.4) is 0 Å². The minimum Gasteiger partial charge on any atom is -0.338 e. The highest BCUT2D eigenvalue weighted by molar-refractivity contribution is 7.98. The van der Waals surface area contributed by atoms with Crippen LogP contribution in [0.2, 0.25) is 5.02 Å². The van der Waals surface area contributed by atoms with Gasteiger partial charge in [0, 0.05) is 35.1 Å². The molecule has 0 saturated carbocycles. The summed E-state index contributed by atoms with van der Waals surface area (Å²) in [7, 11) is 0. The second-order valence-electron chi connectivity index (χ2n) is 6.00. The fourth-order valence-electron chi connectivity index (χ4n) is 2.67. The van der Waals surface area contributed by atoms with E-state index in [4.69, 9.17) is 16.1 Å². The summed E-state index contributed by atoms with van der Waals surface area (Å²) in [6.07, 6.45) is 5.25. The van der Waals surface area contributed by atoms with Gasteiger partial charge in [-0.05, 0) is 42.8 Å². The van der Waals surface area contributed by atoms with Crippen LogP contribution in [0.15, 0.2) is 58.5 Å². The average Bonchev–Trinajstić information content (AvgIpc) is 3.35. The molecule has 0 amide bonds. The van der Waals surface area contributed by atoms with Gasteiger partial charge in [-0.2, -0.15) is 4.98 Å². The molecular weight excluding hydrogens is 396 g/mol. The molecule has 0 unspecified atom stereocenters. The zero-order valence-electron chi connectivity index (χ0n) is 15.1. The van der Waals surface area contributed by atoms with Crippen molar-refractivity contribution in [3.05, 3.63) is 65.5 Å². The first kappa shape index (κ1) is 18.6. The minimum atomic E-state index is 0.513. The highest BCUT2D eigenvalue weighted by Gasteiger charge is 2.17. The second-order valence-corrected chi connectivity index (χ2v) is 7.38. The van der Waals surface area contributed by atoms with Crippen molar-refractivity contribution < 1.29 is 4.52 Å². The van der Waals surface area contributed by atoms with Gasteiger partial charge in [-0.1, -0.05) is 35.4 Å². The van der Waals surface area contributed by atoms with E-state index in [0.717, 1.165) is 40.9 Å². The maximum absolute atomic E-state index is 6.06. The Labute approximate surface area is 171 Å². The Hall–Kier alpha value is -2.71. The van der Waals surface area contributed by atoms with Crippen LogP contribution >= 0.6 is 23.4 Å². The third-order valence-electron chi connectivity index (χ3n) is 3.97. The number of hydrogen-bond acceptors (Lipinski definition) is 7. The molecule has 3 aromatic heterocycles. The molecule has 1 aromatic carbocycles. The minimum absolute atomic E-state index is 0.513. The molecule has 0 spiro atoms. The molecule has 142 valence electrons. The van der Waals surface area contributed by atoms with Crippen LogP contribution in [0.25, 0.3) is 17.1 Å². The lowest BCUT2D eigenvalue weighted by atomic mass is 10.2. The van der Waals surface area contributed by atoms with Crippen LogP contribution in [-0.4, -0.2) is 29.9 Å². The SMILES string of the molecule is CCCc1noc(CSc2nnc(-c3ccncc3)n2-c2ccc(Cl)cc2)n1. The first-order chi connectivity index (χ1) is 13.7. The molecule has 0 saturated heterocycles. The molecule has 28 heavy (non-hydrogen) atoms. The van der Waals surface area contributed by atoms with Crippen molar-refractivity contribution in [3.8, 4) is 17.1 Å². The van der Waals surface area contributed by atoms with Gasteiger partial charge in [-0.3, -0.25) is 9.55 Å². The largest absolute Gasteiger partial charge is 0.338 e. The van der Waals surface area contributed by atoms with E-state index in [1.54, 1.807) is 12.4 Å². The highest BCUT2D eigenvalue weighted by atomic mass is 35.5. The van der Waals surface area contributed by atoms with E-state index in [9.17, 15) is 0 Å². The fourth-order valence-corrected chi connectivity index (χ4v) is 3.59. The Kier molecular flexibility index (Phi) is 5.68. The lowest BCUT2D eigenvalue weighted by Crippen LogP contribution is -2.00. The van der Waals surface area contributed by atoms with Gasteiger partial charge in [0.1, 0.15) is 0 Å². The van der Waals surface area contributed by atoms with Crippen molar-refractivity contribution in [3.63, 3.8) is 0 Å². The molecule has 4 aromatic rings. The van der Waals surface area contributed by atoms with Gasteiger partial charge in [0.15, 0.2) is 16.8 Å². The summed E-state index contributed by atoms with van der Waals surface area (Å²) in [4.78, 5) is 8.49. The number of benzene rings is 1. The average molecular weight is 413 g/mol. The van der Waals surface area contributed by atoms with Crippen molar-refractivity contribution in [2.75, 3.05) is 0 Å². The monoisotopic (exact) mass is 412 g/mol. The molecule has 9 heteroatoms. The van der Waals surface area contributed by atoms with Crippen LogP contribution in [0.5, 0.6) is 0 Å². The fraction of sp³-hybridized carbons (Fsp3) is 0.211. The number of aromatic nitrogens is 6. The number of aryl methyl sites for hydroxylation is 1. The Morgan fingerprint density at radius 2 is 1.86 bits per heavy atom. The van der Waals surface area contributed by atoms with Gasteiger partial charge < -0.3 is 4.52 Å². The molecule has 0 atom stereocenters. The summed E-state index contributed by atoms with van der Waals surface area (Å²) in [5.41, 5.74) is 1.84. The normalized spacial score (nSPS) is 11.1. The van der Waals surface area contributed by atoms with Gasteiger partial charge >= 0.3 is 0 Å². The zero-order valence-corrected chi connectivity index (χ0v) is 16.7. The molecule has 0 fully saturated rings. The Morgan fingerprint density at radius 1 is 1.07 bits per heavy atom. The Morgan fingerprint density at radius 3 is 2.61 bits per heavy atom. The van der Waals surface area contributed by atoms with E-state index in [1.807, 2.05) is 41.0 Å². The summed E-state index contributed by atoms with van der Waals surface area (Å²) >= 11 is 7.55. The number of hydrogen-bond donors (Lipinski definition) is 0. The van der Waals surface area contributed by atoms with Crippen molar-refractivity contribution in [2.45, 2.75) is 30.7 Å². The Balaban J connectivity index is 1.66. The molecule has 0 aliphatic heterocycles. The summed E-state index contributed by atoms with van der Waals surface area (Å²) in [5, 5.41) is 14.2. The van der Waals surface area contributed by atoms with E-state index in [2.05, 4.69) is 32.2 Å². The Bertz CT molecular complexity index is 1050. The molecule has 4 rings (SSSR count). The summed E-state index contributed by atoms with van der Waals surface area (Å²) in [6.45, 7) is 2.08. The third-order valence-corrected chi connectivity index (χ3v) is 5.13. The van der Waals surface area contributed by atoms with Crippen LogP contribution in [0.4, 0.5) is 0 Å². The second kappa shape index (κ2) is 8.53. The van der Waals surface area contributed by atoms with Crippen LogP contribution < -0.4 is 0 Å². The van der Waals surface area contributed by atoms with Crippen LogP contribution in [0.1, 0.15) is 25.1 Å². The zero-order chi connectivity index (χ0) is 19.3. The lowest BCUT2D eigenvalue weighted by Gasteiger charge is -2.10. The standard InChI is InChI=1S/C19H17ClN6OS/c1-2-3-16-22-17(27-25-16)12-28-19-24-23-18(13-8-10-21-11-9-13)26(19)15-6-4-14(20)5-7-15/h4-11H,2-3,12H2,1H3. The predicted molar refractivity (Wildman–Crippen MR) is 107 cm³/mol. The molecular formula is C19H17ClN6OS. The van der Waals surface area contributed by atoms with Crippen molar-refractivity contribution in [1.82, 2.24) is 29.9 Å². The van der Waals surface area contributed by atoms with Gasteiger partial charge in [0.05, 0.1) is 5.75 Å². The van der Waals surface area contributed by atoms with Gasteiger partial charge in [0.2, 0.25) is 5.89 Å². The lowest BCUT2D eigenvalue weighted by molar-refractivity contribution is 0.384. The first-order valence-electron chi connectivity index (χ1n) is 8.80. The van der Waals surface area contributed by atoms with E-state index in [1.165, 1.54) is 11.8 Å². The van der Waals surface area contributed by atoms with Crippen LogP contribution in [-0.2, 0) is 12.2 Å². The quantitative estimate of drug-likeness (QED) is 0.410. The van der Waals surface area contributed by atoms with Crippen molar-refractivity contribution >= 4 is 23.4 Å². The number of nitrogens with zero attached hydrogens (tertiary/aromatic N) is 6. The van der Waals surface area contributed by atoms with E-state index in [-0.39, 0.29) is 0 Å². The highest BCUT2D eigenvalue weighted by Crippen LogP contribution is 2.29. The number of halogens is 1. The summed E-state index contributed by atoms with van der Waals surface area (Å²) in [6, 6.07) is 11.4. The molecule has 0 N–H and O–H groups in total. The third kappa shape index (κ3) is 4.07. The molecule has 0 aliphatic carbocycles. The molecule has 0 radical (unpaired) electrons. The summed E-state index contributed by atoms with van der Waals surface area (Å²) < 4.78 is 7.31. The van der Waals surface area contributed by atoms with Gasteiger partial charge in [0.25, 0.3) is 0 Å². The molecule has 7 nitrogen and oxygen atoms in total. The van der Waals surface area contributed by atoms with Crippen molar-refractivity contribution in [2.24, 2.45) is 0 Å². The molecule has 0 bridgehead atoms. The van der Waals surface area contributed by atoms with Crippen LogP contribution in [0, 0.1) is 0 Å². The van der Waals surface area contributed by atoms with E-state index >= 15 is 0 Å². The van der Waals surface area contributed by atoms with Crippen molar-refractivity contribution in [1.29, 1.82) is 0 Å². The maximum Gasteiger partial charge on any atom is 0.237 e. The van der Waals surface area contributed by atoms with Gasteiger partial charge in [-0.25, -0.2) is 0 Å². The number of pyridine rings is 1. The topological polar surface area (TPSA) is 82.5 Å². The van der Waals surface area contributed by atoms with E-state index < -0.39 is 0 Å².